The van der Waals surface area contributed by atoms with E-state index in [-0.39, 0.29) is 0 Å². The molecule has 0 amide bonds. The summed E-state index contributed by atoms with van der Waals surface area (Å²) in [5.74, 6) is 0. The van der Waals surface area contributed by atoms with Gasteiger partial charge in [-0.2, -0.15) is 0 Å². The molecule has 0 saturated heterocycles. The van der Waals surface area contributed by atoms with Crippen molar-refractivity contribution in [2.45, 2.75) is 41.5 Å². The Hall–Kier alpha value is -17.7. The lowest BCUT2D eigenvalue weighted by atomic mass is 9.95. The van der Waals surface area contributed by atoms with Crippen LogP contribution in [0.3, 0.4) is 0 Å². The van der Waals surface area contributed by atoms with E-state index in [0.717, 1.165) is 34.1 Å². The Balaban J connectivity index is 0.000000167. The summed E-state index contributed by atoms with van der Waals surface area (Å²) < 4.78 is 7.96. The van der Waals surface area contributed by atoms with Gasteiger partial charge in [0, 0.05) is 94.6 Å². The molecule has 0 N–H and O–H groups in total. The summed E-state index contributed by atoms with van der Waals surface area (Å²) >= 11 is 5.58. The molecule has 21 aromatic carbocycles. The molecule has 0 spiro atoms. The van der Waals surface area contributed by atoms with E-state index in [9.17, 15) is 0 Å². The number of nitrogens with zero attached hydrogens (tertiary/aromatic N) is 2. The monoisotopic (exact) mass is 1960 g/mol. The maximum Gasteiger partial charge on any atom is 0.0462 e. The van der Waals surface area contributed by atoms with Crippen molar-refractivity contribution in [3.05, 3.63) is 576 Å². The molecule has 0 aliphatic carbocycles. The smallest absolute Gasteiger partial charge is 0.0462 e. The van der Waals surface area contributed by atoms with Gasteiger partial charge in [-0.15, -0.1) is 34.0 Å². The van der Waals surface area contributed by atoms with E-state index in [1.165, 1.54) is 227 Å². The maximum atomic E-state index is 2.36. The Morgan fingerprint density at radius 2 is 0.295 bits per heavy atom. The highest BCUT2D eigenvalue weighted by Crippen LogP contribution is 2.45. The second kappa shape index (κ2) is 42.9. The zero-order chi connectivity index (χ0) is 101. The Morgan fingerprint density at radius 3 is 0.503 bits per heavy atom. The molecule has 2 nitrogen and oxygen atoms in total. The topological polar surface area (TPSA) is 6.48 Å². The van der Waals surface area contributed by atoms with Gasteiger partial charge in [0.15, 0.2) is 0 Å². The maximum absolute atomic E-state index is 2.36. The molecule has 149 heavy (non-hydrogen) atoms. The SMILES string of the molecule is C(=C\c1ccc2c(c1)sc1ccccc12)/c1ccc(-c2ccc(N(c3ccc(-c4ccc(/C=C/c5ccc6c(c5)sc5ccccc56)cc4)cc3)c3ccc(-c4ccc(/C=C/c5ccc6c(c5)sc5ccccc56)cc4)cc3)cc2)cc1.C/C(=C(/C)c1ccc(-c2ccc(N(c3ccc(-c4ccc(/C(C)=C(\C)c5ccccc5)cc4)cc3)c3ccc(-c4ccc(/C(C)=C(\C)c5ccccc5)cc4)cc3)cc2)cc1)c1ccccc1. The second-order valence-electron chi connectivity index (χ2n) is 38.5. The van der Waals surface area contributed by atoms with Crippen molar-refractivity contribution < 1.29 is 0 Å². The predicted molar refractivity (Wildman–Crippen MR) is 653 cm³/mol. The van der Waals surface area contributed by atoms with Crippen LogP contribution in [0.2, 0.25) is 0 Å². The van der Waals surface area contributed by atoms with E-state index in [1.54, 1.807) is 0 Å². The van der Waals surface area contributed by atoms with Crippen molar-refractivity contribution in [3.8, 4) is 66.8 Å². The normalized spacial score (nSPS) is 12.2. The van der Waals surface area contributed by atoms with Gasteiger partial charge in [-0.05, 0) is 318 Å². The number of fused-ring (bicyclic) bond motifs is 9. The highest BCUT2D eigenvalue weighted by atomic mass is 32.1. The molecule has 24 rings (SSSR count). The van der Waals surface area contributed by atoms with Crippen LogP contribution in [-0.4, -0.2) is 0 Å². The van der Waals surface area contributed by atoms with E-state index in [2.05, 4.69) is 597 Å². The Labute approximate surface area is 885 Å². The van der Waals surface area contributed by atoms with Crippen LogP contribution in [0, 0.1) is 0 Å². The average molecular weight is 1960 g/mol. The Bertz CT molecular complexity index is 8290. The third-order valence-electron chi connectivity index (χ3n) is 29.4. The second-order valence-corrected chi connectivity index (χ2v) is 41.7. The Morgan fingerprint density at radius 1 is 0.141 bits per heavy atom. The lowest BCUT2D eigenvalue weighted by Gasteiger charge is -2.26. The molecular weight excluding hydrogens is 1850 g/mol. The van der Waals surface area contributed by atoms with E-state index >= 15 is 0 Å². The van der Waals surface area contributed by atoms with E-state index < -0.39 is 0 Å². The van der Waals surface area contributed by atoms with Gasteiger partial charge in [0.25, 0.3) is 0 Å². The summed E-state index contributed by atoms with van der Waals surface area (Å²) in [6.07, 6.45) is 13.3. The van der Waals surface area contributed by atoms with Crippen LogP contribution < -0.4 is 9.80 Å². The molecule has 3 aromatic heterocycles. The molecule has 0 aliphatic heterocycles. The van der Waals surface area contributed by atoms with Gasteiger partial charge in [0.05, 0.1) is 0 Å². The van der Waals surface area contributed by atoms with Crippen LogP contribution in [0.4, 0.5) is 34.1 Å². The summed E-state index contributed by atoms with van der Waals surface area (Å²) in [6, 6.07) is 186. The van der Waals surface area contributed by atoms with Gasteiger partial charge in [-0.1, -0.05) is 437 Å². The first kappa shape index (κ1) is 94.9. The molecule has 0 fully saturated rings. The number of benzene rings is 21. The number of anilines is 6. The average Bonchev–Trinajstić information content (AvgIpc) is 1.73. The van der Waals surface area contributed by atoms with Crippen molar-refractivity contribution in [1.82, 2.24) is 0 Å². The first-order valence-corrected chi connectivity index (χ1v) is 53.5. The fraction of sp³-hybridized carbons (Fsp3) is 0.0417. The van der Waals surface area contributed by atoms with E-state index in [4.69, 9.17) is 0 Å². The molecule has 0 radical (unpaired) electrons. The molecular formula is C144H108N2S3. The van der Waals surface area contributed by atoms with Gasteiger partial charge in [0.1, 0.15) is 0 Å². The minimum atomic E-state index is 1.09. The minimum Gasteiger partial charge on any atom is -0.311 e. The highest BCUT2D eigenvalue weighted by Gasteiger charge is 2.20. The summed E-state index contributed by atoms with van der Waals surface area (Å²) in [5, 5.41) is 7.97. The zero-order valence-corrected chi connectivity index (χ0v) is 86.5. The third-order valence-corrected chi connectivity index (χ3v) is 32.8. The molecule has 0 saturated carbocycles. The molecule has 3 heterocycles. The first-order chi connectivity index (χ1) is 73.3. The van der Waals surface area contributed by atoms with Gasteiger partial charge in [-0.25, -0.2) is 0 Å². The van der Waals surface area contributed by atoms with Crippen LogP contribution in [0.25, 0.3) is 197 Å². The van der Waals surface area contributed by atoms with Gasteiger partial charge in [-0.3, -0.25) is 0 Å². The number of hydrogen-bond acceptors (Lipinski definition) is 5. The molecule has 0 atom stereocenters. The van der Waals surface area contributed by atoms with Crippen LogP contribution in [0.5, 0.6) is 0 Å². The number of rotatable bonds is 24. The van der Waals surface area contributed by atoms with E-state index in [1.807, 2.05) is 34.0 Å². The lowest BCUT2D eigenvalue weighted by Crippen LogP contribution is -2.09. The van der Waals surface area contributed by atoms with Crippen molar-refractivity contribution >= 4 is 199 Å². The Kier molecular flexibility index (Phi) is 27.3. The predicted octanol–water partition coefficient (Wildman–Crippen LogP) is 42.8. The van der Waals surface area contributed by atoms with Crippen molar-refractivity contribution in [3.63, 3.8) is 0 Å². The standard InChI is InChI=1S/C78H51NS3.C66H57N/c1-4-10-73-67(7-1)70-46-25-55(49-76(70)80-73)16-13-52-19-28-58(29-20-52)61-34-40-64(41-35-61)79(65-42-36-62(37-43-65)59-30-21-53(22-31-59)14-17-56-26-47-71-68-8-2-5-11-74(68)81-77(71)50-56)66-44-38-63(39-45-66)60-32-23-54(24-33-60)15-18-57-27-48-72-69-9-3-6-12-75(69)82-78(72)51-57;1-46(52-16-10-7-11-17-52)49(4)55-22-28-58(29-23-55)61-34-40-64(41-35-61)67(65-42-36-62(37-43-65)59-30-24-56(25-31-59)50(5)47(2)53-18-12-8-13-19-53)66-44-38-63(39-45-66)60-32-26-57(27-33-60)51(6)48(3)54-20-14-9-15-21-54/h1-51H;7-45H,1-6H3/b16-13+,17-14+,18-15+;49-46+,50-47+,51-48+. The van der Waals surface area contributed by atoms with E-state index in [0.29, 0.717) is 0 Å². The van der Waals surface area contributed by atoms with Crippen molar-refractivity contribution in [2.24, 2.45) is 0 Å². The summed E-state index contributed by atoms with van der Waals surface area (Å²) in [4.78, 5) is 4.71. The van der Waals surface area contributed by atoms with Gasteiger partial charge in [0.2, 0.25) is 0 Å². The molecule has 0 aliphatic rings. The van der Waals surface area contributed by atoms with Crippen LogP contribution >= 0.6 is 34.0 Å². The molecule has 0 unspecified atom stereocenters. The van der Waals surface area contributed by atoms with Crippen LogP contribution in [0.1, 0.15) is 108 Å². The highest BCUT2D eigenvalue weighted by molar-refractivity contribution is 7.26. The molecule has 0 bridgehead atoms. The summed E-state index contributed by atoms with van der Waals surface area (Å²) in [5.41, 5.74) is 43.1. The summed E-state index contributed by atoms with van der Waals surface area (Å²) in [7, 11) is 0. The molecule has 712 valence electrons. The number of allylic oxidation sites excluding steroid dienone is 6. The lowest BCUT2D eigenvalue weighted by molar-refractivity contribution is 1.28. The first-order valence-electron chi connectivity index (χ1n) is 51.1. The number of thiophene rings is 3. The molecule has 24 aromatic rings. The van der Waals surface area contributed by atoms with Gasteiger partial charge >= 0.3 is 0 Å². The van der Waals surface area contributed by atoms with Crippen molar-refractivity contribution in [2.75, 3.05) is 9.80 Å². The zero-order valence-electron chi connectivity index (χ0n) is 84.1. The fourth-order valence-corrected chi connectivity index (χ4v) is 23.8. The molecule has 5 heteroatoms. The van der Waals surface area contributed by atoms with Crippen molar-refractivity contribution in [1.29, 1.82) is 0 Å². The quantitative estimate of drug-likeness (QED) is 0.0557. The largest absolute Gasteiger partial charge is 0.311 e. The fourth-order valence-electron chi connectivity index (χ4n) is 20.3. The third kappa shape index (κ3) is 20.8. The minimum absolute atomic E-state index is 1.09. The number of hydrogen-bond donors (Lipinski definition) is 0. The van der Waals surface area contributed by atoms with Gasteiger partial charge < -0.3 is 9.80 Å². The van der Waals surface area contributed by atoms with Crippen LogP contribution in [0.15, 0.2) is 510 Å². The summed E-state index contributed by atoms with van der Waals surface area (Å²) in [6.45, 7) is 13.3. The van der Waals surface area contributed by atoms with Crippen LogP contribution in [-0.2, 0) is 0 Å².